The maximum absolute atomic E-state index is 13.4. The maximum atomic E-state index is 13.4. The molecule has 158 valence electrons. The molecule has 29 heavy (non-hydrogen) atoms. The van der Waals surface area contributed by atoms with E-state index in [1.807, 2.05) is 20.8 Å². The molecule has 0 saturated carbocycles. The second-order valence-corrected chi connectivity index (χ2v) is 8.60. The first-order valence-electron chi connectivity index (χ1n) is 9.33. The van der Waals surface area contributed by atoms with Gasteiger partial charge in [0.25, 0.3) is 10.0 Å². The Morgan fingerprint density at radius 3 is 2.24 bits per heavy atom. The number of methoxy groups -OCH3 is 2. The van der Waals surface area contributed by atoms with Crippen molar-refractivity contribution in [3.05, 3.63) is 48.0 Å². The molecule has 0 aliphatic carbocycles. The highest BCUT2D eigenvalue weighted by Gasteiger charge is 2.28. The van der Waals surface area contributed by atoms with Gasteiger partial charge in [-0.15, -0.1) is 0 Å². The lowest BCUT2D eigenvalue weighted by Gasteiger charge is -2.25. The number of hydrogen-bond acceptors (Lipinski definition) is 5. The van der Waals surface area contributed by atoms with Crippen LogP contribution in [0.1, 0.15) is 25.8 Å². The van der Waals surface area contributed by atoms with Crippen molar-refractivity contribution in [2.24, 2.45) is 0 Å². The van der Waals surface area contributed by atoms with Gasteiger partial charge in [0.1, 0.15) is 6.54 Å². The smallest absolute Gasteiger partial charge is 0.264 e. The van der Waals surface area contributed by atoms with Crippen molar-refractivity contribution in [3.63, 3.8) is 0 Å². The molecule has 2 aromatic carbocycles. The van der Waals surface area contributed by atoms with E-state index >= 15 is 0 Å². The quantitative estimate of drug-likeness (QED) is 0.674. The number of carbonyl (C=O) groups excluding carboxylic acids is 1. The lowest BCUT2D eigenvalue weighted by molar-refractivity contribution is -0.120. The molecule has 2 rings (SSSR count). The molecular weight excluding hydrogens is 392 g/mol. The van der Waals surface area contributed by atoms with Crippen LogP contribution in [0.4, 0.5) is 5.69 Å². The average Bonchev–Trinajstić information content (AvgIpc) is 2.71. The van der Waals surface area contributed by atoms with Gasteiger partial charge in [0, 0.05) is 12.1 Å². The number of anilines is 1. The zero-order valence-electron chi connectivity index (χ0n) is 17.4. The molecule has 0 bridgehead atoms. The molecule has 1 atom stereocenters. The van der Waals surface area contributed by atoms with Gasteiger partial charge in [-0.25, -0.2) is 8.42 Å². The number of hydrogen-bond donors (Lipinski definition) is 1. The van der Waals surface area contributed by atoms with Crippen molar-refractivity contribution >= 4 is 21.6 Å². The molecule has 2 aromatic rings. The summed E-state index contributed by atoms with van der Waals surface area (Å²) in [6.07, 6.45) is 0.749. The Hall–Kier alpha value is -2.74. The second-order valence-electron chi connectivity index (χ2n) is 6.74. The van der Waals surface area contributed by atoms with Crippen LogP contribution in [0.2, 0.25) is 0 Å². The fourth-order valence-corrected chi connectivity index (χ4v) is 4.12. The van der Waals surface area contributed by atoms with Gasteiger partial charge in [-0.1, -0.05) is 24.6 Å². The van der Waals surface area contributed by atoms with Gasteiger partial charge in [0.2, 0.25) is 5.91 Å². The van der Waals surface area contributed by atoms with E-state index in [0.717, 1.165) is 16.3 Å². The van der Waals surface area contributed by atoms with Crippen LogP contribution in [-0.2, 0) is 14.8 Å². The molecule has 0 radical (unpaired) electrons. The summed E-state index contributed by atoms with van der Waals surface area (Å²) in [5.74, 6) is 0.341. The Kier molecular flexibility index (Phi) is 7.50. The number of carbonyl (C=O) groups is 1. The first-order valence-corrected chi connectivity index (χ1v) is 10.8. The molecule has 0 aliphatic heterocycles. The number of benzene rings is 2. The van der Waals surface area contributed by atoms with Crippen LogP contribution in [0.25, 0.3) is 0 Å². The van der Waals surface area contributed by atoms with Crippen molar-refractivity contribution in [3.8, 4) is 11.5 Å². The molecule has 1 unspecified atom stereocenters. The molecule has 0 heterocycles. The summed E-state index contributed by atoms with van der Waals surface area (Å²) in [6, 6.07) is 11.3. The Labute approximate surface area is 172 Å². The van der Waals surface area contributed by atoms with Crippen LogP contribution >= 0.6 is 0 Å². The number of nitrogens with zero attached hydrogens (tertiary/aromatic N) is 1. The lowest BCUT2D eigenvalue weighted by Crippen LogP contribution is -2.43. The van der Waals surface area contributed by atoms with Crippen molar-refractivity contribution in [1.82, 2.24) is 5.32 Å². The minimum absolute atomic E-state index is 0.00654. The van der Waals surface area contributed by atoms with Gasteiger partial charge in [-0.2, -0.15) is 0 Å². The van der Waals surface area contributed by atoms with Gasteiger partial charge in [0.05, 0.1) is 24.8 Å². The Balaban J connectivity index is 2.48. The summed E-state index contributed by atoms with van der Waals surface area (Å²) in [6.45, 7) is 5.40. The lowest BCUT2D eigenvalue weighted by atomic mass is 10.2. The average molecular weight is 421 g/mol. The standard InChI is InChI=1S/C21H28N2O5S/c1-6-16(3)22-21(24)14-23(17-9-7-15(2)8-10-17)29(25,26)18-11-12-19(27-4)20(13-18)28-5/h7-13,16H,6,14H2,1-5H3,(H,22,24). The highest BCUT2D eigenvalue weighted by Crippen LogP contribution is 2.32. The summed E-state index contributed by atoms with van der Waals surface area (Å²) in [4.78, 5) is 12.5. The van der Waals surface area contributed by atoms with Crippen molar-refractivity contribution in [2.75, 3.05) is 25.1 Å². The van der Waals surface area contributed by atoms with Gasteiger partial charge in [-0.3, -0.25) is 9.10 Å². The van der Waals surface area contributed by atoms with E-state index in [1.165, 1.54) is 32.4 Å². The van der Waals surface area contributed by atoms with Gasteiger partial charge < -0.3 is 14.8 Å². The van der Waals surface area contributed by atoms with E-state index in [9.17, 15) is 13.2 Å². The predicted molar refractivity (Wildman–Crippen MR) is 113 cm³/mol. The van der Waals surface area contributed by atoms with E-state index in [1.54, 1.807) is 24.3 Å². The summed E-state index contributed by atoms with van der Waals surface area (Å²) in [5, 5.41) is 2.82. The van der Waals surface area contributed by atoms with Crippen LogP contribution in [0, 0.1) is 6.92 Å². The van der Waals surface area contributed by atoms with Crippen molar-refractivity contribution in [1.29, 1.82) is 0 Å². The SMILES string of the molecule is CCC(C)NC(=O)CN(c1ccc(C)cc1)S(=O)(=O)c1ccc(OC)c(OC)c1. The number of sulfonamides is 1. The second kappa shape index (κ2) is 9.65. The number of aryl methyl sites for hydroxylation is 1. The molecular formula is C21H28N2O5S. The topological polar surface area (TPSA) is 84.9 Å². The minimum atomic E-state index is -4.03. The Morgan fingerprint density at radius 2 is 1.69 bits per heavy atom. The van der Waals surface area contributed by atoms with Crippen LogP contribution in [-0.4, -0.2) is 41.1 Å². The van der Waals surface area contributed by atoms with E-state index in [0.29, 0.717) is 17.2 Å². The Bertz CT molecular complexity index is 942. The zero-order chi connectivity index (χ0) is 21.6. The van der Waals surface area contributed by atoms with Gasteiger partial charge in [-0.05, 0) is 44.5 Å². The third-order valence-corrected chi connectivity index (χ3v) is 6.34. The number of rotatable bonds is 9. The largest absolute Gasteiger partial charge is 0.493 e. The first kappa shape index (κ1) is 22.5. The minimum Gasteiger partial charge on any atom is -0.493 e. The molecule has 1 amide bonds. The van der Waals surface area contributed by atoms with E-state index in [2.05, 4.69) is 5.32 Å². The molecule has 1 N–H and O–H groups in total. The highest BCUT2D eigenvalue weighted by atomic mass is 32.2. The molecule has 7 nitrogen and oxygen atoms in total. The third-order valence-electron chi connectivity index (χ3n) is 4.57. The molecule has 0 saturated heterocycles. The Morgan fingerprint density at radius 1 is 1.07 bits per heavy atom. The van der Waals surface area contributed by atoms with Gasteiger partial charge in [0.15, 0.2) is 11.5 Å². The number of nitrogens with one attached hydrogen (secondary N) is 1. The molecule has 0 aromatic heterocycles. The summed E-state index contributed by atoms with van der Waals surface area (Å²) < 4.78 is 38.4. The fourth-order valence-electron chi connectivity index (χ4n) is 2.68. The molecule has 0 spiro atoms. The van der Waals surface area contributed by atoms with Crippen LogP contribution in [0.15, 0.2) is 47.4 Å². The van der Waals surface area contributed by atoms with E-state index in [-0.39, 0.29) is 23.4 Å². The van der Waals surface area contributed by atoms with E-state index < -0.39 is 10.0 Å². The highest BCUT2D eigenvalue weighted by molar-refractivity contribution is 7.92. The van der Waals surface area contributed by atoms with Crippen LogP contribution < -0.4 is 19.1 Å². The zero-order valence-corrected chi connectivity index (χ0v) is 18.2. The predicted octanol–water partition coefficient (Wildman–Crippen LogP) is 3.12. The molecule has 8 heteroatoms. The summed E-state index contributed by atoms with van der Waals surface area (Å²) >= 11 is 0. The van der Waals surface area contributed by atoms with Gasteiger partial charge >= 0.3 is 0 Å². The number of amides is 1. The summed E-state index contributed by atoms with van der Waals surface area (Å²) in [7, 11) is -1.11. The monoisotopic (exact) mass is 420 g/mol. The molecule has 0 aliphatic rings. The van der Waals surface area contributed by atoms with Crippen LogP contribution in [0.3, 0.4) is 0 Å². The maximum Gasteiger partial charge on any atom is 0.264 e. The normalized spacial score (nSPS) is 12.2. The van der Waals surface area contributed by atoms with E-state index in [4.69, 9.17) is 9.47 Å². The van der Waals surface area contributed by atoms with Crippen molar-refractivity contribution < 1.29 is 22.7 Å². The fraction of sp³-hybridized carbons (Fsp3) is 0.381. The van der Waals surface area contributed by atoms with Crippen LogP contribution in [0.5, 0.6) is 11.5 Å². The molecule has 0 fully saturated rings. The number of ether oxygens (including phenoxy) is 2. The van der Waals surface area contributed by atoms with Crippen molar-refractivity contribution in [2.45, 2.75) is 38.1 Å². The third kappa shape index (κ3) is 5.41. The first-order chi connectivity index (χ1) is 13.7. The summed E-state index contributed by atoms with van der Waals surface area (Å²) in [5.41, 5.74) is 1.39.